The summed E-state index contributed by atoms with van der Waals surface area (Å²) in [4.78, 5) is 4.57. The molecule has 0 spiro atoms. The van der Waals surface area contributed by atoms with Gasteiger partial charge in [-0.05, 0) is 18.6 Å². The lowest BCUT2D eigenvalue weighted by Gasteiger charge is -2.00. The minimum absolute atomic E-state index is 0.691. The van der Waals surface area contributed by atoms with Gasteiger partial charge in [0.15, 0.2) is 0 Å². The number of benzene rings is 1. The monoisotopic (exact) mass is 213 g/mol. The number of oxime groups is 1. The smallest absolute Gasteiger partial charge is 0.106 e. The fourth-order valence-electron chi connectivity index (χ4n) is 0.914. The molecule has 2 nitrogen and oxygen atoms in total. The topological polar surface area (TPSA) is 21.6 Å². The van der Waals surface area contributed by atoms with Crippen LogP contribution >= 0.6 is 11.6 Å². The molecule has 0 aliphatic heterocycles. The largest absolute Gasteiger partial charge is 0.399 e. The number of nitrogens with zero attached hydrogens (tertiary/aromatic N) is 1. The van der Waals surface area contributed by atoms with Crippen LogP contribution in [-0.2, 0) is 4.84 Å². The molecule has 0 amide bonds. The molecule has 0 fully saturated rings. The molecule has 0 bridgehead atoms. The predicted octanol–water partition coefficient (Wildman–Crippen LogP) is 3.65. The molecule has 0 N–H and O–H groups in total. The third-order valence-electron chi connectivity index (χ3n) is 1.56. The average Bonchev–Trinajstić information content (AvgIpc) is 2.20. The van der Waals surface area contributed by atoms with Crippen LogP contribution in [0.25, 0.3) is 0 Å². The molecule has 1 rings (SSSR count). The van der Waals surface area contributed by atoms with Crippen LogP contribution < -0.4 is 0 Å². The van der Waals surface area contributed by atoms with Gasteiger partial charge in [-0.2, -0.15) is 0 Å². The fraction of sp³-hybridized carbons (Fsp3) is 0.364. The zero-order valence-electron chi connectivity index (χ0n) is 9.04. The Morgan fingerprint density at radius 3 is 2.50 bits per heavy atom. The van der Waals surface area contributed by atoms with Crippen LogP contribution in [0.5, 0.6) is 0 Å². The Bertz CT molecular complexity index is 277. The molecule has 0 heterocycles. The van der Waals surface area contributed by atoms with Gasteiger partial charge in [-0.3, -0.25) is 0 Å². The second-order valence-electron chi connectivity index (χ2n) is 2.39. The molecule has 0 saturated carbocycles. The van der Waals surface area contributed by atoms with E-state index >= 15 is 0 Å². The van der Waals surface area contributed by atoms with Gasteiger partial charge in [-0.25, -0.2) is 0 Å². The number of hydrogen-bond acceptors (Lipinski definition) is 2. The van der Waals surface area contributed by atoms with Gasteiger partial charge >= 0.3 is 0 Å². The van der Waals surface area contributed by atoms with Gasteiger partial charge < -0.3 is 4.84 Å². The minimum Gasteiger partial charge on any atom is -0.399 e. The van der Waals surface area contributed by atoms with E-state index in [1.54, 1.807) is 6.21 Å². The van der Waals surface area contributed by atoms with Crippen molar-refractivity contribution in [2.75, 3.05) is 7.11 Å². The molecule has 0 radical (unpaired) electrons. The van der Waals surface area contributed by atoms with Crippen LogP contribution in [0.2, 0.25) is 5.02 Å². The Labute approximate surface area is 90.5 Å². The Morgan fingerprint density at radius 2 is 2.00 bits per heavy atom. The summed E-state index contributed by atoms with van der Waals surface area (Å²) in [7, 11) is 1.50. The van der Waals surface area contributed by atoms with Gasteiger partial charge in [-0.1, -0.05) is 42.7 Å². The lowest BCUT2D eigenvalue weighted by atomic mass is 10.1. The summed E-state index contributed by atoms with van der Waals surface area (Å²) in [6.07, 6.45) is 1.61. The van der Waals surface area contributed by atoms with Crippen molar-refractivity contribution in [1.29, 1.82) is 0 Å². The van der Waals surface area contributed by atoms with E-state index in [0.717, 1.165) is 11.1 Å². The maximum absolute atomic E-state index is 5.92. The Hall–Kier alpha value is -1.02. The van der Waals surface area contributed by atoms with Crippen LogP contribution in [0.15, 0.2) is 23.4 Å². The molecule has 0 unspecified atom stereocenters. The number of rotatable bonds is 2. The van der Waals surface area contributed by atoms with E-state index in [9.17, 15) is 0 Å². The van der Waals surface area contributed by atoms with Crippen molar-refractivity contribution in [3.8, 4) is 0 Å². The Kier molecular flexibility index (Phi) is 6.85. The molecule has 0 aliphatic rings. The molecular weight excluding hydrogens is 198 g/mol. The van der Waals surface area contributed by atoms with Gasteiger partial charge in [0, 0.05) is 10.6 Å². The van der Waals surface area contributed by atoms with Crippen molar-refractivity contribution < 1.29 is 4.84 Å². The number of halogens is 1. The summed E-state index contributed by atoms with van der Waals surface area (Å²) in [6.45, 7) is 5.98. The summed E-state index contributed by atoms with van der Waals surface area (Å²) in [5.41, 5.74) is 1.99. The van der Waals surface area contributed by atoms with Crippen LogP contribution in [0, 0.1) is 6.92 Å². The van der Waals surface area contributed by atoms with Gasteiger partial charge in [0.2, 0.25) is 0 Å². The normalized spacial score (nSPS) is 9.50. The lowest BCUT2D eigenvalue weighted by molar-refractivity contribution is 0.215. The maximum atomic E-state index is 5.92. The molecule has 0 aliphatic carbocycles. The second kappa shape index (κ2) is 7.39. The number of aryl methyl sites for hydroxylation is 1. The van der Waals surface area contributed by atoms with E-state index in [4.69, 9.17) is 11.6 Å². The van der Waals surface area contributed by atoms with E-state index in [0.29, 0.717) is 5.02 Å². The first-order valence-corrected chi connectivity index (χ1v) is 4.95. The highest BCUT2D eigenvalue weighted by atomic mass is 35.5. The third kappa shape index (κ3) is 3.79. The van der Waals surface area contributed by atoms with Crippen molar-refractivity contribution in [3.05, 3.63) is 34.3 Å². The molecule has 1 aromatic rings. The van der Waals surface area contributed by atoms with Crippen molar-refractivity contribution in [1.82, 2.24) is 0 Å². The Balaban J connectivity index is 0.000000791. The first-order valence-electron chi connectivity index (χ1n) is 4.57. The molecule has 0 atom stereocenters. The molecule has 0 saturated heterocycles. The van der Waals surface area contributed by atoms with Crippen molar-refractivity contribution >= 4 is 17.8 Å². The highest BCUT2D eigenvalue weighted by Crippen LogP contribution is 2.16. The van der Waals surface area contributed by atoms with E-state index < -0.39 is 0 Å². The predicted molar refractivity (Wildman–Crippen MR) is 62.1 cm³/mol. The van der Waals surface area contributed by atoms with Gasteiger partial charge in [0.1, 0.15) is 7.11 Å². The summed E-state index contributed by atoms with van der Waals surface area (Å²) >= 11 is 5.92. The van der Waals surface area contributed by atoms with Crippen LogP contribution in [0.3, 0.4) is 0 Å². The van der Waals surface area contributed by atoms with E-state index in [2.05, 4.69) is 9.99 Å². The summed E-state index contributed by atoms with van der Waals surface area (Å²) in [5, 5.41) is 4.34. The molecule has 14 heavy (non-hydrogen) atoms. The maximum Gasteiger partial charge on any atom is 0.106 e. The first kappa shape index (κ1) is 13.0. The van der Waals surface area contributed by atoms with Gasteiger partial charge in [0.25, 0.3) is 0 Å². The summed E-state index contributed by atoms with van der Waals surface area (Å²) < 4.78 is 0. The quantitative estimate of drug-likeness (QED) is 0.543. The zero-order chi connectivity index (χ0) is 11.0. The second-order valence-corrected chi connectivity index (χ2v) is 2.79. The summed E-state index contributed by atoms with van der Waals surface area (Å²) in [5.74, 6) is 0. The highest BCUT2D eigenvalue weighted by Gasteiger charge is 1.99. The van der Waals surface area contributed by atoms with E-state index in [1.165, 1.54) is 7.11 Å². The van der Waals surface area contributed by atoms with Crippen LogP contribution in [0.1, 0.15) is 25.0 Å². The van der Waals surface area contributed by atoms with E-state index in [-0.39, 0.29) is 0 Å². The summed E-state index contributed by atoms with van der Waals surface area (Å²) in [6, 6.07) is 5.70. The standard InChI is InChI=1S/C9H10ClNO.C2H6/c1-7-4-3-5-9(10)8(7)6-11-12-2;1-2/h3-6H,1-2H3;1-2H3/b11-6+;. The molecule has 78 valence electrons. The van der Waals surface area contributed by atoms with Crippen molar-refractivity contribution in [2.24, 2.45) is 5.16 Å². The minimum atomic E-state index is 0.691. The third-order valence-corrected chi connectivity index (χ3v) is 1.89. The number of hydrogen-bond donors (Lipinski definition) is 0. The molecule has 1 aromatic carbocycles. The van der Waals surface area contributed by atoms with Gasteiger partial charge in [0.05, 0.1) is 6.21 Å². The van der Waals surface area contributed by atoms with Crippen LogP contribution in [0.4, 0.5) is 0 Å². The molecular formula is C11H16ClNO. The fourth-order valence-corrected chi connectivity index (χ4v) is 1.18. The van der Waals surface area contributed by atoms with Gasteiger partial charge in [-0.15, -0.1) is 0 Å². The molecule has 0 aromatic heterocycles. The SMILES string of the molecule is CC.CO/N=C/c1c(C)cccc1Cl. The van der Waals surface area contributed by atoms with Crippen molar-refractivity contribution in [2.45, 2.75) is 20.8 Å². The van der Waals surface area contributed by atoms with Crippen molar-refractivity contribution in [3.63, 3.8) is 0 Å². The zero-order valence-corrected chi connectivity index (χ0v) is 9.80. The molecule has 3 heteroatoms. The Morgan fingerprint density at radius 1 is 1.36 bits per heavy atom. The van der Waals surface area contributed by atoms with E-state index in [1.807, 2.05) is 39.0 Å². The first-order chi connectivity index (χ1) is 6.75. The van der Waals surface area contributed by atoms with Crippen LogP contribution in [-0.4, -0.2) is 13.3 Å². The highest BCUT2D eigenvalue weighted by molar-refractivity contribution is 6.33. The lowest BCUT2D eigenvalue weighted by Crippen LogP contribution is -1.88. The average molecular weight is 214 g/mol.